The van der Waals surface area contributed by atoms with Crippen LogP contribution in [-0.4, -0.2) is 96.7 Å². The summed E-state index contributed by atoms with van der Waals surface area (Å²) in [5, 5.41) is 10.6. The van der Waals surface area contributed by atoms with E-state index in [1.165, 1.54) is 212 Å². The van der Waals surface area contributed by atoms with Gasteiger partial charge in [0.2, 0.25) is 0 Å². The van der Waals surface area contributed by atoms with Crippen molar-refractivity contribution < 1.29 is 80.2 Å². The quantitative estimate of drug-likeness (QED) is 0.0222. The maximum atomic E-state index is 13.1. The number of aliphatic hydroxyl groups is 1. The fourth-order valence-corrected chi connectivity index (χ4v) is 13.7. The lowest BCUT2D eigenvalue weighted by Crippen LogP contribution is -2.30. The highest BCUT2D eigenvalue weighted by Gasteiger charge is 2.30. The first-order chi connectivity index (χ1) is 47.3. The molecule has 0 saturated carbocycles. The zero-order valence-corrected chi connectivity index (χ0v) is 66.0. The van der Waals surface area contributed by atoms with Crippen LogP contribution < -0.4 is 0 Å². The molecule has 0 radical (unpaired) electrons. The summed E-state index contributed by atoms with van der Waals surface area (Å²) in [7, 11) is -9.92. The van der Waals surface area contributed by atoms with Gasteiger partial charge < -0.3 is 33.8 Å². The van der Waals surface area contributed by atoms with Crippen LogP contribution in [0.1, 0.15) is 408 Å². The van der Waals surface area contributed by atoms with Gasteiger partial charge in [0.25, 0.3) is 0 Å². The topological polar surface area (TPSA) is 237 Å². The Labute approximate surface area is 600 Å². The standard InChI is InChI=1S/C79H154O17P2/c1-8-10-11-12-13-14-15-16-17-20-23-26-32-39-46-53-60-76(81)89-66-74(95-78(83)62-55-48-40-33-27-24-21-18-19-22-25-30-36-43-50-57-70(3)4)68-93-97(85,86)91-64-73(80)65-92-98(87,88)94-69-75(67-90-77(82)61-54-47-42-35-37-44-51-58-71(5)6)96-79(84)63-56-49-41-34-29-28-31-38-45-52-59-72(7)9-2/h70-75,80H,8-69H2,1-7H3,(H,85,86)(H,87,88)/t72?,73-,74-,75-/m1/s1. The number of unbranched alkanes of at least 4 members (excludes halogenated alkanes) is 44. The van der Waals surface area contributed by atoms with Crippen molar-refractivity contribution in [1.29, 1.82) is 0 Å². The van der Waals surface area contributed by atoms with E-state index in [2.05, 4.69) is 48.5 Å². The molecule has 0 heterocycles. The Morgan fingerprint density at radius 3 is 0.776 bits per heavy atom. The van der Waals surface area contributed by atoms with Gasteiger partial charge in [0.1, 0.15) is 19.3 Å². The molecule has 0 saturated heterocycles. The molecule has 0 aromatic heterocycles. The maximum absolute atomic E-state index is 13.1. The van der Waals surface area contributed by atoms with E-state index in [-0.39, 0.29) is 25.7 Å². The first-order valence-electron chi connectivity index (χ1n) is 40.9. The number of ether oxygens (including phenoxy) is 4. The molecular weight excluding hydrogens is 1280 g/mol. The Morgan fingerprint density at radius 1 is 0.296 bits per heavy atom. The molecule has 0 aliphatic rings. The zero-order valence-electron chi connectivity index (χ0n) is 64.3. The minimum Gasteiger partial charge on any atom is -0.462 e. The number of esters is 4. The largest absolute Gasteiger partial charge is 0.472 e. The number of carbonyl (C=O) groups excluding carboxylic acids is 4. The predicted octanol–water partition coefficient (Wildman–Crippen LogP) is 23.4. The van der Waals surface area contributed by atoms with E-state index in [0.29, 0.717) is 31.6 Å². The van der Waals surface area contributed by atoms with E-state index in [9.17, 15) is 43.2 Å². The third kappa shape index (κ3) is 71.1. The van der Waals surface area contributed by atoms with Gasteiger partial charge >= 0.3 is 39.5 Å². The number of phosphoric ester groups is 2. The van der Waals surface area contributed by atoms with Crippen LogP contribution in [0, 0.1) is 17.8 Å². The highest BCUT2D eigenvalue weighted by molar-refractivity contribution is 7.47. The molecule has 17 nitrogen and oxygen atoms in total. The molecule has 19 heteroatoms. The van der Waals surface area contributed by atoms with Gasteiger partial charge in [-0.05, 0) is 43.4 Å². The molecule has 3 unspecified atom stereocenters. The average Bonchev–Trinajstić information content (AvgIpc) is 0.993. The minimum absolute atomic E-state index is 0.105. The van der Waals surface area contributed by atoms with Gasteiger partial charge in [0.15, 0.2) is 12.2 Å². The van der Waals surface area contributed by atoms with Crippen LogP contribution in [0.4, 0.5) is 0 Å². The van der Waals surface area contributed by atoms with E-state index < -0.39 is 97.5 Å². The van der Waals surface area contributed by atoms with Crippen LogP contribution in [0.3, 0.4) is 0 Å². The van der Waals surface area contributed by atoms with Crippen molar-refractivity contribution in [2.24, 2.45) is 17.8 Å². The molecule has 0 rings (SSSR count). The number of rotatable bonds is 77. The summed E-state index contributed by atoms with van der Waals surface area (Å²) in [6.45, 7) is 11.9. The third-order valence-electron chi connectivity index (χ3n) is 18.7. The highest BCUT2D eigenvalue weighted by atomic mass is 31.2. The number of carbonyl (C=O) groups is 4. The van der Waals surface area contributed by atoms with Crippen LogP contribution in [-0.2, 0) is 65.4 Å². The maximum Gasteiger partial charge on any atom is 0.472 e. The molecule has 6 atom stereocenters. The van der Waals surface area contributed by atoms with Gasteiger partial charge in [-0.15, -0.1) is 0 Å². The van der Waals surface area contributed by atoms with Gasteiger partial charge in [0.05, 0.1) is 26.4 Å². The number of phosphoric acid groups is 2. The SMILES string of the molecule is CCCCCCCCCCCCCCCCCCC(=O)OC[C@H](COP(=O)(O)OC[C@@H](O)COP(=O)(O)OC[C@@H](COC(=O)CCCCCCCCCC(C)C)OC(=O)CCCCCCCCCCCCC(C)CC)OC(=O)CCCCCCCCCCCCCCCCCC(C)C. The van der Waals surface area contributed by atoms with E-state index in [4.69, 9.17) is 37.0 Å². The molecule has 0 aromatic rings. The molecule has 0 amide bonds. The van der Waals surface area contributed by atoms with Crippen LogP contribution in [0.25, 0.3) is 0 Å². The van der Waals surface area contributed by atoms with Gasteiger partial charge in [0, 0.05) is 25.7 Å². The fraction of sp³-hybridized carbons (Fsp3) is 0.949. The zero-order chi connectivity index (χ0) is 72.3. The number of hydrogen-bond acceptors (Lipinski definition) is 15. The van der Waals surface area contributed by atoms with E-state index in [1.54, 1.807) is 0 Å². The summed E-state index contributed by atoms with van der Waals surface area (Å²) in [5.74, 6) is 0.197. The van der Waals surface area contributed by atoms with Crippen LogP contribution in [0.2, 0.25) is 0 Å². The monoisotopic (exact) mass is 1440 g/mol. The van der Waals surface area contributed by atoms with Crippen LogP contribution in [0.15, 0.2) is 0 Å². The van der Waals surface area contributed by atoms with Crippen LogP contribution >= 0.6 is 15.6 Å². The summed E-state index contributed by atoms with van der Waals surface area (Å²) in [4.78, 5) is 72.9. The molecule has 0 fully saturated rings. The lowest BCUT2D eigenvalue weighted by Gasteiger charge is -2.21. The number of aliphatic hydroxyl groups excluding tert-OH is 1. The molecule has 0 bridgehead atoms. The van der Waals surface area contributed by atoms with Crippen molar-refractivity contribution in [1.82, 2.24) is 0 Å². The first-order valence-corrected chi connectivity index (χ1v) is 43.9. The molecule has 3 N–H and O–H groups in total. The van der Waals surface area contributed by atoms with Gasteiger partial charge in [-0.25, -0.2) is 9.13 Å². The Morgan fingerprint density at radius 2 is 0.520 bits per heavy atom. The molecule has 0 aliphatic heterocycles. The summed E-state index contributed by atoms with van der Waals surface area (Å²) in [5.41, 5.74) is 0. The summed E-state index contributed by atoms with van der Waals surface area (Å²) in [6.07, 6.45) is 56.8. The van der Waals surface area contributed by atoms with Crippen molar-refractivity contribution in [3.8, 4) is 0 Å². The Hall–Kier alpha value is -1.94. The lowest BCUT2D eigenvalue weighted by atomic mass is 9.99. The van der Waals surface area contributed by atoms with Crippen molar-refractivity contribution in [2.75, 3.05) is 39.6 Å². The van der Waals surface area contributed by atoms with Gasteiger partial charge in [-0.2, -0.15) is 0 Å². The summed E-state index contributed by atoms with van der Waals surface area (Å²) >= 11 is 0. The van der Waals surface area contributed by atoms with Gasteiger partial charge in [-0.3, -0.25) is 37.3 Å². The van der Waals surface area contributed by atoms with Crippen molar-refractivity contribution in [2.45, 2.75) is 426 Å². The van der Waals surface area contributed by atoms with E-state index >= 15 is 0 Å². The predicted molar refractivity (Wildman–Crippen MR) is 400 cm³/mol. The van der Waals surface area contributed by atoms with E-state index in [0.717, 1.165) is 108 Å². The molecule has 0 aromatic carbocycles. The molecular formula is C79H154O17P2. The van der Waals surface area contributed by atoms with Crippen molar-refractivity contribution in [3.63, 3.8) is 0 Å². The second-order valence-electron chi connectivity index (χ2n) is 29.6. The molecule has 98 heavy (non-hydrogen) atoms. The van der Waals surface area contributed by atoms with Crippen molar-refractivity contribution in [3.05, 3.63) is 0 Å². The summed E-state index contributed by atoms with van der Waals surface area (Å²) in [6, 6.07) is 0. The summed E-state index contributed by atoms with van der Waals surface area (Å²) < 4.78 is 68.6. The normalized spacial score (nSPS) is 14.3. The lowest BCUT2D eigenvalue weighted by molar-refractivity contribution is -0.161. The van der Waals surface area contributed by atoms with Crippen molar-refractivity contribution >= 4 is 39.5 Å². The van der Waals surface area contributed by atoms with Gasteiger partial charge in [-0.1, -0.05) is 357 Å². The second kappa shape index (κ2) is 69.4. The van der Waals surface area contributed by atoms with Crippen LogP contribution in [0.5, 0.6) is 0 Å². The Kier molecular flexibility index (Phi) is 68.1. The Bertz CT molecular complexity index is 1910. The Balaban J connectivity index is 5.25. The third-order valence-corrected chi connectivity index (χ3v) is 20.6. The van der Waals surface area contributed by atoms with E-state index in [1.807, 2.05) is 0 Å². The second-order valence-corrected chi connectivity index (χ2v) is 32.6. The first kappa shape index (κ1) is 96.1. The molecule has 0 spiro atoms. The average molecular weight is 1440 g/mol. The molecule has 582 valence electrons. The fourth-order valence-electron chi connectivity index (χ4n) is 12.1. The minimum atomic E-state index is -4.96. The smallest absolute Gasteiger partial charge is 0.462 e. The highest BCUT2D eigenvalue weighted by Crippen LogP contribution is 2.45. The molecule has 0 aliphatic carbocycles. The number of hydrogen-bond donors (Lipinski definition) is 3.